The first-order chi connectivity index (χ1) is 15.5. The van der Waals surface area contributed by atoms with Gasteiger partial charge in [0.15, 0.2) is 11.5 Å². The minimum Gasteiger partial charge on any atom is -0.493 e. The number of ether oxygens (including phenoxy) is 2. The molecule has 166 valence electrons. The Morgan fingerprint density at radius 3 is 2.66 bits per heavy atom. The zero-order valence-electron chi connectivity index (χ0n) is 17.6. The monoisotopic (exact) mass is 532 g/mol. The Bertz CT molecular complexity index is 1230. The molecule has 0 saturated carbocycles. The maximum absolute atomic E-state index is 6.10. The van der Waals surface area contributed by atoms with Crippen molar-refractivity contribution in [3.8, 4) is 11.5 Å². The molecule has 0 fully saturated rings. The molecular formula is C25H23BrCl2N2O2. The van der Waals surface area contributed by atoms with Crippen molar-refractivity contribution in [2.45, 2.75) is 19.6 Å². The molecule has 0 saturated heterocycles. The van der Waals surface area contributed by atoms with Gasteiger partial charge in [0.25, 0.3) is 0 Å². The van der Waals surface area contributed by atoms with Crippen molar-refractivity contribution in [2.24, 2.45) is 0 Å². The number of aromatic nitrogens is 1. The number of nitrogens with one attached hydrogen (secondary N) is 2. The number of hydrogen-bond acceptors (Lipinski definition) is 3. The summed E-state index contributed by atoms with van der Waals surface area (Å²) in [6, 6.07) is 17.9. The van der Waals surface area contributed by atoms with E-state index in [1.807, 2.05) is 24.3 Å². The van der Waals surface area contributed by atoms with Gasteiger partial charge in [0, 0.05) is 23.6 Å². The van der Waals surface area contributed by atoms with Crippen molar-refractivity contribution in [1.29, 1.82) is 0 Å². The van der Waals surface area contributed by atoms with Gasteiger partial charge in [0.05, 0.1) is 21.6 Å². The van der Waals surface area contributed by atoms with Crippen LogP contribution in [0.5, 0.6) is 11.5 Å². The van der Waals surface area contributed by atoms with Gasteiger partial charge in [-0.05, 0) is 75.9 Å². The van der Waals surface area contributed by atoms with Crippen molar-refractivity contribution in [2.75, 3.05) is 13.7 Å². The number of methoxy groups -OCH3 is 1. The van der Waals surface area contributed by atoms with E-state index in [9.17, 15) is 0 Å². The first-order valence-electron chi connectivity index (χ1n) is 10.2. The molecule has 0 spiro atoms. The lowest BCUT2D eigenvalue weighted by Gasteiger charge is -2.15. The lowest BCUT2D eigenvalue weighted by atomic mass is 10.1. The van der Waals surface area contributed by atoms with E-state index in [0.717, 1.165) is 35.1 Å². The topological polar surface area (TPSA) is 46.3 Å². The fourth-order valence-electron chi connectivity index (χ4n) is 3.59. The van der Waals surface area contributed by atoms with Crippen molar-refractivity contribution in [3.05, 3.63) is 92.0 Å². The molecule has 0 radical (unpaired) electrons. The number of aromatic amines is 1. The molecule has 4 rings (SSSR count). The first-order valence-corrected chi connectivity index (χ1v) is 11.8. The number of para-hydroxylation sites is 1. The minimum absolute atomic E-state index is 0.355. The minimum atomic E-state index is 0.355. The molecule has 0 aliphatic heterocycles. The fourth-order valence-corrected chi connectivity index (χ4v) is 4.52. The smallest absolute Gasteiger partial charge is 0.175 e. The summed E-state index contributed by atoms with van der Waals surface area (Å²) >= 11 is 15.7. The highest BCUT2D eigenvalue weighted by Crippen LogP contribution is 2.37. The maximum atomic E-state index is 6.10. The third-order valence-electron chi connectivity index (χ3n) is 5.23. The fraction of sp³-hybridized carbons (Fsp3) is 0.200. The Labute approximate surface area is 206 Å². The van der Waals surface area contributed by atoms with E-state index in [0.29, 0.717) is 28.2 Å². The van der Waals surface area contributed by atoms with Crippen LogP contribution in [0.15, 0.2) is 65.3 Å². The molecule has 7 heteroatoms. The maximum Gasteiger partial charge on any atom is 0.175 e. The Morgan fingerprint density at radius 1 is 1.00 bits per heavy atom. The molecule has 0 atom stereocenters. The van der Waals surface area contributed by atoms with Crippen LogP contribution in [0.25, 0.3) is 10.9 Å². The lowest BCUT2D eigenvalue weighted by molar-refractivity contribution is 0.282. The van der Waals surface area contributed by atoms with Crippen LogP contribution in [0, 0.1) is 0 Å². The number of hydrogen-bond donors (Lipinski definition) is 2. The van der Waals surface area contributed by atoms with Crippen LogP contribution in [-0.4, -0.2) is 18.6 Å². The molecule has 4 nitrogen and oxygen atoms in total. The lowest BCUT2D eigenvalue weighted by Crippen LogP contribution is -2.16. The Balaban J connectivity index is 1.36. The summed E-state index contributed by atoms with van der Waals surface area (Å²) in [6.45, 7) is 1.95. The summed E-state index contributed by atoms with van der Waals surface area (Å²) in [6.07, 6.45) is 3.04. The largest absolute Gasteiger partial charge is 0.493 e. The summed E-state index contributed by atoms with van der Waals surface area (Å²) < 4.78 is 12.4. The van der Waals surface area contributed by atoms with Gasteiger partial charge in [-0.1, -0.05) is 47.5 Å². The molecule has 1 heterocycles. The van der Waals surface area contributed by atoms with Gasteiger partial charge >= 0.3 is 0 Å². The normalized spacial score (nSPS) is 11.1. The molecule has 3 aromatic carbocycles. The summed E-state index contributed by atoms with van der Waals surface area (Å²) in [5.74, 6) is 1.33. The second kappa shape index (κ2) is 10.6. The van der Waals surface area contributed by atoms with Gasteiger partial charge in [0.2, 0.25) is 0 Å². The molecule has 0 amide bonds. The van der Waals surface area contributed by atoms with Crippen LogP contribution in [0.4, 0.5) is 0 Å². The van der Waals surface area contributed by atoms with Gasteiger partial charge in [-0.25, -0.2) is 0 Å². The summed E-state index contributed by atoms with van der Waals surface area (Å²) in [5.41, 5.74) is 4.52. The standard InChI is InChI=1S/C25H23BrCl2N2O2/c1-31-24-12-17(13-29-9-8-18-14-30-23-5-3-2-4-19(18)23)10-20(26)25(24)32-15-16-6-7-21(27)22(28)11-16/h2-7,10-12,14,29-30H,8-9,13,15H2,1H3. The molecule has 2 N–H and O–H groups in total. The molecule has 4 aromatic rings. The molecule has 0 bridgehead atoms. The van der Waals surface area contributed by atoms with Gasteiger partial charge in [-0.15, -0.1) is 0 Å². The second-order valence-electron chi connectivity index (χ2n) is 7.43. The van der Waals surface area contributed by atoms with Crippen LogP contribution >= 0.6 is 39.1 Å². The highest BCUT2D eigenvalue weighted by atomic mass is 79.9. The van der Waals surface area contributed by atoms with Crippen molar-refractivity contribution >= 4 is 50.0 Å². The third kappa shape index (κ3) is 5.41. The highest BCUT2D eigenvalue weighted by molar-refractivity contribution is 9.10. The molecule has 0 unspecified atom stereocenters. The summed E-state index contributed by atoms with van der Waals surface area (Å²) in [4.78, 5) is 3.33. The van der Waals surface area contributed by atoms with Crippen LogP contribution in [0.2, 0.25) is 10.0 Å². The van der Waals surface area contributed by atoms with Crippen LogP contribution in [0.3, 0.4) is 0 Å². The number of benzene rings is 3. The number of H-pyrrole nitrogens is 1. The predicted octanol–water partition coefficient (Wildman–Crippen LogP) is 7.16. The van der Waals surface area contributed by atoms with E-state index in [2.05, 4.69) is 50.6 Å². The van der Waals surface area contributed by atoms with Crippen LogP contribution < -0.4 is 14.8 Å². The van der Waals surface area contributed by atoms with E-state index in [-0.39, 0.29) is 0 Å². The zero-order valence-corrected chi connectivity index (χ0v) is 20.7. The predicted molar refractivity (Wildman–Crippen MR) is 135 cm³/mol. The second-order valence-corrected chi connectivity index (χ2v) is 9.10. The van der Waals surface area contributed by atoms with E-state index >= 15 is 0 Å². The van der Waals surface area contributed by atoms with E-state index < -0.39 is 0 Å². The Kier molecular flexibility index (Phi) is 7.63. The van der Waals surface area contributed by atoms with Crippen LogP contribution in [-0.2, 0) is 19.6 Å². The van der Waals surface area contributed by atoms with Crippen molar-refractivity contribution in [3.63, 3.8) is 0 Å². The quantitative estimate of drug-likeness (QED) is 0.224. The number of fused-ring (bicyclic) bond motifs is 1. The van der Waals surface area contributed by atoms with Crippen molar-refractivity contribution < 1.29 is 9.47 Å². The average molecular weight is 534 g/mol. The van der Waals surface area contributed by atoms with Gasteiger partial charge in [0.1, 0.15) is 6.61 Å². The Morgan fingerprint density at radius 2 is 1.84 bits per heavy atom. The third-order valence-corrected chi connectivity index (χ3v) is 6.56. The molecule has 1 aromatic heterocycles. The number of rotatable bonds is 9. The van der Waals surface area contributed by atoms with Gasteiger partial charge in [-0.3, -0.25) is 0 Å². The number of halogens is 3. The van der Waals surface area contributed by atoms with E-state index in [4.69, 9.17) is 32.7 Å². The van der Waals surface area contributed by atoms with Crippen molar-refractivity contribution in [1.82, 2.24) is 10.3 Å². The van der Waals surface area contributed by atoms with Crippen LogP contribution in [0.1, 0.15) is 16.7 Å². The SMILES string of the molecule is COc1cc(CNCCc2c[nH]c3ccccc23)cc(Br)c1OCc1ccc(Cl)c(Cl)c1. The van der Waals surface area contributed by atoms with E-state index in [1.165, 1.54) is 16.5 Å². The Hall–Kier alpha value is -2.18. The molecule has 0 aliphatic rings. The first kappa shape index (κ1) is 23.0. The average Bonchev–Trinajstić information content (AvgIpc) is 3.21. The molecular weight excluding hydrogens is 511 g/mol. The van der Waals surface area contributed by atoms with Gasteiger partial charge < -0.3 is 19.8 Å². The molecule has 0 aliphatic carbocycles. The van der Waals surface area contributed by atoms with E-state index in [1.54, 1.807) is 19.2 Å². The molecule has 32 heavy (non-hydrogen) atoms. The van der Waals surface area contributed by atoms with Gasteiger partial charge in [-0.2, -0.15) is 0 Å². The zero-order chi connectivity index (χ0) is 22.5. The summed E-state index contributed by atoms with van der Waals surface area (Å²) in [5, 5.41) is 5.82. The summed E-state index contributed by atoms with van der Waals surface area (Å²) in [7, 11) is 1.64. The highest BCUT2D eigenvalue weighted by Gasteiger charge is 2.13.